The van der Waals surface area contributed by atoms with Crippen LogP contribution in [0.4, 0.5) is 5.95 Å². The van der Waals surface area contributed by atoms with Gasteiger partial charge in [-0.05, 0) is 40.4 Å². The molecule has 2 unspecified atom stereocenters. The van der Waals surface area contributed by atoms with E-state index in [1.54, 1.807) is 4.52 Å². The Bertz CT molecular complexity index is 557. The van der Waals surface area contributed by atoms with Crippen molar-refractivity contribution in [3.05, 3.63) is 22.8 Å². The van der Waals surface area contributed by atoms with E-state index in [2.05, 4.69) is 37.8 Å². The van der Waals surface area contributed by atoms with E-state index in [1.165, 1.54) is 0 Å². The van der Waals surface area contributed by atoms with E-state index in [4.69, 9.17) is 5.73 Å². The number of aromatic nitrogens is 3. The van der Waals surface area contributed by atoms with E-state index in [0.29, 0.717) is 5.92 Å². The fourth-order valence-corrected chi connectivity index (χ4v) is 2.98. The van der Waals surface area contributed by atoms with E-state index >= 15 is 0 Å². The summed E-state index contributed by atoms with van der Waals surface area (Å²) in [6.07, 6.45) is 2.98. The molecule has 2 N–H and O–H groups in total. The molecular formula is C12H16BrN5. The summed E-state index contributed by atoms with van der Waals surface area (Å²) in [5.74, 6) is 1.35. The summed E-state index contributed by atoms with van der Waals surface area (Å²) < 4.78 is 2.75. The third-order valence-electron chi connectivity index (χ3n) is 3.28. The Labute approximate surface area is 114 Å². The number of rotatable bonds is 1. The number of halogens is 1. The molecule has 6 heteroatoms. The van der Waals surface area contributed by atoms with Gasteiger partial charge in [0.25, 0.3) is 0 Å². The average molecular weight is 310 g/mol. The molecule has 1 aliphatic rings. The Kier molecular flexibility index (Phi) is 2.99. The highest BCUT2D eigenvalue weighted by atomic mass is 79.9. The zero-order valence-corrected chi connectivity index (χ0v) is 11.8. The Morgan fingerprint density at radius 3 is 3.00 bits per heavy atom. The van der Waals surface area contributed by atoms with Crippen molar-refractivity contribution in [2.24, 2.45) is 11.7 Å². The van der Waals surface area contributed by atoms with Crippen molar-refractivity contribution in [3.8, 4) is 0 Å². The second kappa shape index (κ2) is 4.51. The maximum atomic E-state index is 6.06. The molecule has 96 valence electrons. The normalized spacial score (nSPS) is 24.7. The van der Waals surface area contributed by atoms with Crippen molar-refractivity contribution in [2.45, 2.75) is 19.4 Å². The van der Waals surface area contributed by atoms with Crippen LogP contribution in [0.3, 0.4) is 0 Å². The van der Waals surface area contributed by atoms with Crippen molar-refractivity contribution in [3.63, 3.8) is 0 Å². The monoisotopic (exact) mass is 309 g/mol. The molecule has 3 rings (SSSR count). The molecule has 0 bridgehead atoms. The molecule has 0 saturated carbocycles. The molecule has 5 nitrogen and oxygen atoms in total. The van der Waals surface area contributed by atoms with Gasteiger partial charge in [-0.1, -0.05) is 6.92 Å². The number of hydrogen-bond donors (Lipinski definition) is 1. The first-order valence-electron chi connectivity index (χ1n) is 6.15. The van der Waals surface area contributed by atoms with Crippen LogP contribution in [0.1, 0.15) is 13.3 Å². The van der Waals surface area contributed by atoms with Crippen molar-refractivity contribution in [2.75, 3.05) is 18.0 Å². The van der Waals surface area contributed by atoms with Gasteiger partial charge in [-0.2, -0.15) is 4.98 Å². The lowest BCUT2D eigenvalue weighted by Crippen LogP contribution is -2.46. The predicted molar refractivity (Wildman–Crippen MR) is 74.7 cm³/mol. The summed E-state index contributed by atoms with van der Waals surface area (Å²) in [6.45, 7) is 4.03. The van der Waals surface area contributed by atoms with Crippen LogP contribution in [0.15, 0.2) is 22.8 Å². The number of hydrogen-bond acceptors (Lipinski definition) is 4. The summed E-state index contributed by atoms with van der Waals surface area (Å²) >= 11 is 3.49. The molecule has 1 aliphatic heterocycles. The summed E-state index contributed by atoms with van der Waals surface area (Å²) in [5.41, 5.74) is 6.91. The van der Waals surface area contributed by atoms with Crippen molar-refractivity contribution >= 4 is 27.5 Å². The minimum atomic E-state index is 0.212. The summed E-state index contributed by atoms with van der Waals surface area (Å²) in [7, 11) is 0. The van der Waals surface area contributed by atoms with Crippen LogP contribution in [0.25, 0.3) is 5.65 Å². The fraction of sp³-hybridized carbons (Fsp3) is 0.500. The molecule has 0 amide bonds. The molecule has 1 saturated heterocycles. The van der Waals surface area contributed by atoms with Crippen molar-refractivity contribution in [1.29, 1.82) is 0 Å². The minimum Gasteiger partial charge on any atom is -0.338 e. The number of fused-ring (bicyclic) bond motifs is 1. The van der Waals surface area contributed by atoms with Gasteiger partial charge >= 0.3 is 0 Å². The van der Waals surface area contributed by atoms with Gasteiger partial charge in [0, 0.05) is 25.3 Å². The average Bonchev–Trinajstić information content (AvgIpc) is 2.73. The SMILES string of the molecule is CC1CC(N)CN(c2nc3c(Br)cccn3n2)C1. The predicted octanol–water partition coefficient (Wildman–Crippen LogP) is 1.67. The second-order valence-corrected chi connectivity index (χ2v) is 5.90. The zero-order chi connectivity index (χ0) is 12.7. The standard InChI is InChI=1S/C12H16BrN5/c1-8-5-9(14)7-17(6-8)12-15-11-10(13)3-2-4-18(11)16-12/h2-4,8-9H,5-7,14H2,1H3. The third-order valence-corrected chi connectivity index (χ3v) is 3.90. The molecule has 0 aromatic carbocycles. The quantitative estimate of drug-likeness (QED) is 0.870. The first-order chi connectivity index (χ1) is 8.63. The lowest BCUT2D eigenvalue weighted by Gasteiger charge is -2.33. The molecular weight excluding hydrogens is 294 g/mol. The maximum Gasteiger partial charge on any atom is 0.245 e. The Hall–Kier alpha value is -1.14. The number of pyridine rings is 1. The number of anilines is 1. The number of piperidine rings is 1. The van der Waals surface area contributed by atoms with E-state index in [1.807, 2.05) is 18.3 Å². The first kappa shape index (κ1) is 11.9. The largest absolute Gasteiger partial charge is 0.338 e. The van der Waals surface area contributed by atoms with Gasteiger partial charge in [0.05, 0.1) is 4.47 Å². The highest BCUT2D eigenvalue weighted by molar-refractivity contribution is 9.10. The van der Waals surface area contributed by atoms with Crippen molar-refractivity contribution in [1.82, 2.24) is 14.6 Å². The van der Waals surface area contributed by atoms with Gasteiger partial charge in [-0.15, -0.1) is 5.10 Å². The van der Waals surface area contributed by atoms with Gasteiger partial charge in [0.15, 0.2) is 5.65 Å². The van der Waals surface area contributed by atoms with E-state index in [-0.39, 0.29) is 6.04 Å². The van der Waals surface area contributed by atoms with Crippen LogP contribution >= 0.6 is 15.9 Å². The van der Waals surface area contributed by atoms with Gasteiger partial charge in [-0.3, -0.25) is 0 Å². The van der Waals surface area contributed by atoms with Gasteiger partial charge in [-0.25, -0.2) is 4.52 Å². The fourth-order valence-electron chi connectivity index (χ4n) is 2.56. The highest BCUT2D eigenvalue weighted by Gasteiger charge is 2.25. The van der Waals surface area contributed by atoms with Crippen LogP contribution in [0.5, 0.6) is 0 Å². The van der Waals surface area contributed by atoms with E-state index in [0.717, 1.165) is 35.6 Å². The molecule has 2 aromatic rings. The lowest BCUT2D eigenvalue weighted by molar-refractivity contribution is 0.398. The van der Waals surface area contributed by atoms with Crippen LogP contribution < -0.4 is 10.6 Å². The number of nitrogens with two attached hydrogens (primary N) is 1. The van der Waals surface area contributed by atoms with Gasteiger partial charge in [0.2, 0.25) is 5.95 Å². The number of nitrogens with zero attached hydrogens (tertiary/aromatic N) is 4. The minimum absolute atomic E-state index is 0.212. The molecule has 0 aliphatic carbocycles. The summed E-state index contributed by atoms with van der Waals surface area (Å²) in [6, 6.07) is 4.13. The molecule has 18 heavy (non-hydrogen) atoms. The molecule has 2 atom stereocenters. The maximum absolute atomic E-state index is 6.06. The third kappa shape index (κ3) is 2.10. The first-order valence-corrected chi connectivity index (χ1v) is 6.94. The Morgan fingerprint density at radius 2 is 2.28 bits per heavy atom. The molecule has 3 heterocycles. The van der Waals surface area contributed by atoms with E-state index in [9.17, 15) is 0 Å². The smallest absolute Gasteiger partial charge is 0.245 e. The van der Waals surface area contributed by atoms with E-state index < -0.39 is 0 Å². The van der Waals surface area contributed by atoms with Crippen molar-refractivity contribution < 1.29 is 0 Å². The zero-order valence-electron chi connectivity index (χ0n) is 10.3. The van der Waals surface area contributed by atoms with Gasteiger partial charge in [0.1, 0.15) is 0 Å². The topological polar surface area (TPSA) is 59.5 Å². The Balaban J connectivity index is 1.96. The van der Waals surface area contributed by atoms with Crippen LogP contribution in [-0.4, -0.2) is 33.7 Å². The highest BCUT2D eigenvalue weighted by Crippen LogP contribution is 2.22. The second-order valence-electron chi connectivity index (χ2n) is 5.04. The van der Waals surface area contributed by atoms with Crippen LogP contribution in [0.2, 0.25) is 0 Å². The molecule has 1 fully saturated rings. The van der Waals surface area contributed by atoms with Crippen LogP contribution in [0, 0.1) is 5.92 Å². The Morgan fingerprint density at radius 1 is 1.44 bits per heavy atom. The molecule has 0 radical (unpaired) electrons. The summed E-state index contributed by atoms with van der Waals surface area (Å²) in [4.78, 5) is 6.76. The molecule has 2 aromatic heterocycles. The lowest BCUT2D eigenvalue weighted by atomic mass is 9.97. The summed E-state index contributed by atoms with van der Waals surface area (Å²) in [5, 5.41) is 4.51. The van der Waals surface area contributed by atoms with Crippen LogP contribution in [-0.2, 0) is 0 Å². The molecule has 0 spiro atoms. The van der Waals surface area contributed by atoms with Gasteiger partial charge < -0.3 is 10.6 Å².